The molecule has 2 fully saturated rings. The molecule has 132 valence electrons. The average Bonchev–Trinajstić information content (AvgIpc) is 3.11. The summed E-state index contributed by atoms with van der Waals surface area (Å²) in [5, 5.41) is 3.21. The lowest BCUT2D eigenvalue weighted by Crippen LogP contribution is -2.54. The third-order valence-corrected chi connectivity index (χ3v) is 4.66. The first kappa shape index (κ1) is 18.7. The first-order valence-corrected chi connectivity index (χ1v) is 8.14. The second-order valence-corrected chi connectivity index (χ2v) is 6.23. The summed E-state index contributed by atoms with van der Waals surface area (Å²) in [4.78, 5) is 28.3. The maximum Gasteiger partial charge on any atom is 0.254 e. The smallest absolute Gasteiger partial charge is 0.254 e. The van der Waals surface area contributed by atoms with Crippen molar-refractivity contribution in [1.82, 2.24) is 15.1 Å². The topological polar surface area (TPSA) is 52.7 Å². The molecule has 2 saturated heterocycles. The minimum atomic E-state index is -0.364. The van der Waals surface area contributed by atoms with E-state index in [4.69, 9.17) is 0 Å². The van der Waals surface area contributed by atoms with Crippen LogP contribution in [0.5, 0.6) is 0 Å². The molecule has 0 spiro atoms. The van der Waals surface area contributed by atoms with Gasteiger partial charge in [0.05, 0.1) is 6.04 Å². The number of carbonyl (C=O) groups excluding carboxylic acids is 2. The summed E-state index contributed by atoms with van der Waals surface area (Å²) in [5.74, 6) is -0.400. The third-order valence-electron chi connectivity index (χ3n) is 4.66. The number of piperazine rings is 1. The quantitative estimate of drug-likeness (QED) is 0.876. The molecule has 1 aromatic carbocycles. The molecular formula is C17H23ClFN3O2. The van der Waals surface area contributed by atoms with Crippen LogP contribution >= 0.6 is 12.4 Å². The molecule has 5 nitrogen and oxygen atoms in total. The summed E-state index contributed by atoms with van der Waals surface area (Å²) in [6.07, 6.45) is 1.93. The minimum Gasteiger partial charge on any atom is -0.338 e. The van der Waals surface area contributed by atoms with Gasteiger partial charge in [0.25, 0.3) is 5.91 Å². The van der Waals surface area contributed by atoms with Crippen LogP contribution in [-0.4, -0.2) is 60.4 Å². The molecular weight excluding hydrogens is 333 g/mol. The lowest BCUT2D eigenvalue weighted by Gasteiger charge is -2.36. The Morgan fingerprint density at radius 2 is 1.83 bits per heavy atom. The van der Waals surface area contributed by atoms with Gasteiger partial charge < -0.3 is 15.1 Å². The van der Waals surface area contributed by atoms with Crippen molar-refractivity contribution < 1.29 is 14.0 Å². The molecule has 0 radical (unpaired) electrons. The van der Waals surface area contributed by atoms with Gasteiger partial charge in [0.1, 0.15) is 5.82 Å². The van der Waals surface area contributed by atoms with Crippen LogP contribution in [-0.2, 0) is 4.79 Å². The summed E-state index contributed by atoms with van der Waals surface area (Å²) in [6, 6.07) is 4.50. The molecule has 0 bridgehead atoms. The van der Waals surface area contributed by atoms with Crippen LogP contribution < -0.4 is 5.32 Å². The molecule has 24 heavy (non-hydrogen) atoms. The van der Waals surface area contributed by atoms with E-state index in [1.165, 1.54) is 6.07 Å². The number of hydrogen-bond donors (Lipinski definition) is 1. The first-order chi connectivity index (χ1) is 11.1. The molecule has 1 aromatic rings. The van der Waals surface area contributed by atoms with Gasteiger partial charge in [-0.25, -0.2) is 4.39 Å². The summed E-state index contributed by atoms with van der Waals surface area (Å²) in [7, 11) is 0. The number of nitrogens with zero attached hydrogens (tertiary/aromatic N) is 2. The Morgan fingerprint density at radius 1 is 1.17 bits per heavy atom. The highest BCUT2D eigenvalue weighted by Gasteiger charge is 2.30. The number of carbonyl (C=O) groups is 2. The van der Waals surface area contributed by atoms with Crippen LogP contribution in [0.1, 0.15) is 28.8 Å². The van der Waals surface area contributed by atoms with Gasteiger partial charge in [-0.2, -0.15) is 0 Å². The largest absolute Gasteiger partial charge is 0.338 e. The van der Waals surface area contributed by atoms with Gasteiger partial charge >= 0.3 is 0 Å². The number of hydrogen-bond acceptors (Lipinski definition) is 3. The van der Waals surface area contributed by atoms with E-state index in [0.717, 1.165) is 19.4 Å². The van der Waals surface area contributed by atoms with E-state index in [-0.39, 0.29) is 36.1 Å². The highest BCUT2D eigenvalue weighted by molar-refractivity contribution is 5.94. The Bertz CT molecular complexity index is 612. The fourth-order valence-electron chi connectivity index (χ4n) is 3.15. The fraction of sp³-hybridized carbons (Fsp3) is 0.529. The Kier molecular flexibility index (Phi) is 6.18. The first-order valence-electron chi connectivity index (χ1n) is 8.14. The summed E-state index contributed by atoms with van der Waals surface area (Å²) < 4.78 is 13.6. The second kappa shape index (κ2) is 7.94. The van der Waals surface area contributed by atoms with Crippen molar-refractivity contribution in [3.63, 3.8) is 0 Å². The summed E-state index contributed by atoms with van der Waals surface area (Å²) in [6.45, 7) is 4.63. The molecule has 2 aliphatic heterocycles. The van der Waals surface area contributed by atoms with Gasteiger partial charge in [-0.15, -0.1) is 12.4 Å². The molecule has 0 saturated carbocycles. The van der Waals surface area contributed by atoms with Crippen molar-refractivity contribution in [2.24, 2.45) is 0 Å². The van der Waals surface area contributed by atoms with E-state index in [2.05, 4.69) is 5.32 Å². The monoisotopic (exact) mass is 355 g/mol. The summed E-state index contributed by atoms with van der Waals surface area (Å²) >= 11 is 0. The van der Waals surface area contributed by atoms with E-state index in [1.54, 1.807) is 24.0 Å². The predicted octanol–water partition coefficient (Wildman–Crippen LogP) is 1.59. The van der Waals surface area contributed by atoms with E-state index in [1.807, 2.05) is 4.90 Å². The van der Waals surface area contributed by atoms with Crippen molar-refractivity contribution >= 4 is 24.2 Å². The van der Waals surface area contributed by atoms with Crippen molar-refractivity contribution in [3.05, 3.63) is 35.1 Å². The van der Waals surface area contributed by atoms with Crippen LogP contribution in [0.4, 0.5) is 4.39 Å². The number of rotatable bonds is 2. The Hall–Kier alpha value is -1.66. The van der Waals surface area contributed by atoms with E-state index in [9.17, 15) is 14.0 Å². The molecule has 2 heterocycles. The lowest BCUT2D eigenvalue weighted by atomic mass is 10.1. The molecule has 1 unspecified atom stereocenters. The van der Waals surface area contributed by atoms with Gasteiger partial charge in [0, 0.05) is 31.7 Å². The number of nitrogens with one attached hydrogen (secondary N) is 1. The van der Waals surface area contributed by atoms with Gasteiger partial charge in [-0.3, -0.25) is 9.59 Å². The van der Waals surface area contributed by atoms with Gasteiger partial charge in [-0.1, -0.05) is 6.07 Å². The van der Waals surface area contributed by atoms with Gasteiger partial charge in [-0.05, 0) is 44.0 Å². The molecule has 1 N–H and O–H groups in total. The molecule has 2 aliphatic rings. The standard InChI is InChI=1S/C17H22FN3O2.ClH/c1-12-4-5-13(11-14(12)18)16(22)20-7-9-21(10-8-20)17(23)15-3-2-6-19-15;/h4-5,11,15,19H,2-3,6-10H2,1H3;1H. The zero-order valence-corrected chi connectivity index (χ0v) is 14.6. The highest BCUT2D eigenvalue weighted by atomic mass is 35.5. The second-order valence-electron chi connectivity index (χ2n) is 6.23. The predicted molar refractivity (Wildman–Crippen MR) is 91.9 cm³/mol. The average molecular weight is 356 g/mol. The Labute approximate surface area is 147 Å². The van der Waals surface area contributed by atoms with Crippen LogP contribution in [0.2, 0.25) is 0 Å². The SMILES string of the molecule is Cc1ccc(C(=O)N2CCN(C(=O)C3CCCN3)CC2)cc1F.Cl. The number of aryl methyl sites for hydroxylation is 1. The molecule has 0 aromatic heterocycles. The number of benzene rings is 1. The normalized spacial score (nSPS) is 20.7. The van der Waals surface area contributed by atoms with Crippen LogP contribution in [0.3, 0.4) is 0 Å². The number of halogens is 2. The minimum absolute atomic E-state index is 0. The van der Waals surface area contributed by atoms with Crippen molar-refractivity contribution in [2.45, 2.75) is 25.8 Å². The zero-order valence-electron chi connectivity index (χ0n) is 13.8. The van der Waals surface area contributed by atoms with E-state index < -0.39 is 0 Å². The molecule has 7 heteroatoms. The van der Waals surface area contributed by atoms with Crippen LogP contribution in [0.25, 0.3) is 0 Å². The Balaban J connectivity index is 0.00000208. The summed E-state index contributed by atoms with van der Waals surface area (Å²) in [5.41, 5.74) is 0.895. The fourth-order valence-corrected chi connectivity index (χ4v) is 3.15. The van der Waals surface area contributed by atoms with E-state index in [0.29, 0.717) is 37.3 Å². The molecule has 2 amide bonds. The highest BCUT2D eigenvalue weighted by Crippen LogP contribution is 2.15. The van der Waals surface area contributed by atoms with Crippen molar-refractivity contribution in [2.75, 3.05) is 32.7 Å². The third kappa shape index (κ3) is 3.87. The molecule has 1 atom stereocenters. The van der Waals surface area contributed by atoms with Crippen LogP contribution in [0.15, 0.2) is 18.2 Å². The lowest BCUT2D eigenvalue weighted by molar-refractivity contribution is -0.134. The van der Waals surface area contributed by atoms with Gasteiger partial charge in [0.15, 0.2) is 0 Å². The molecule has 0 aliphatic carbocycles. The van der Waals surface area contributed by atoms with E-state index >= 15 is 0 Å². The van der Waals surface area contributed by atoms with Crippen molar-refractivity contribution in [3.8, 4) is 0 Å². The van der Waals surface area contributed by atoms with Gasteiger partial charge in [0.2, 0.25) is 5.91 Å². The maximum atomic E-state index is 13.6. The zero-order chi connectivity index (χ0) is 16.4. The Morgan fingerprint density at radius 3 is 2.42 bits per heavy atom. The van der Waals surface area contributed by atoms with Crippen molar-refractivity contribution in [1.29, 1.82) is 0 Å². The molecule has 3 rings (SSSR count). The maximum absolute atomic E-state index is 13.6. The van der Waals surface area contributed by atoms with Crippen LogP contribution in [0, 0.1) is 12.7 Å². The number of amides is 2.